The number of aryl methyl sites for hydroxylation is 1. The van der Waals surface area contributed by atoms with E-state index >= 15 is 0 Å². The molecule has 20 heavy (non-hydrogen) atoms. The lowest BCUT2D eigenvalue weighted by Crippen LogP contribution is -2.06. The smallest absolute Gasteiger partial charge is 0.206 e. The van der Waals surface area contributed by atoms with Gasteiger partial charge in [-0.3, -0.25) is 4.79 Å². The number of ether oxygens (including phenoxy) is 2. The van der Waals surface area contributed by atoms with Crippen molar-refractivity contribution in [3.05, 3.63) is 38.0 Å². The zero-order chi connectivity index (χ0) is 14.9. The normalized spacial score (nSPS) is 10.4. The molecule has 0 unspecified atom stereocenters. The maximum Gasteiger partial charge on any atom is 0.206 e. The molecule has 2 N–H and O–H groups in total. The van der Waals surface area contributed by atoms with Crippen molar-refractivity contribution in [1.29, 1.82) is 0 Å². The summed E-state index contributed by atoms with van der Waals surface area (Å²) in [5.74, 6) is 0.811. The second kappa shape index (κ2) is 5.85. The molecule has 1 heterocycles. The maximum absolute atomic E-state index is 12.6. The first-order valence-corrected chi connectivity index (χ1v) is 7.41. The van der Waals surface area contributed by atoms with Gasteiger partial charge in [-0.05, 0) is 35.0 Å². The van der Waals surface area contributed by atoms with Gasteiger partial charge >= 0.3 is 0 Å². The van der Waals surface area contributed by atoms with Gasteiger partial charge < -0.3 is 15.2 Å². The fourth-order valence-corrected chi connectivity index (χ4v) is 3.61. The number of hydrogen-bond donors (Lipinski definition) is 1. The Morgan fingerprint density at radius 3 is 2.45 bits per heavy atom. The lowest BCUT2D eigenvalue weighted by molar-refractivity contribution is 0.104. The van der Waals surface area contributed by atoms with Crippen molar-refractivity contribution >= 4 is 38.7 Å². The summed E-state index contributed by atoms with van der Waals surface area (Å²) in [6.07, 6.45) is 0. The molecule has 4 nitrogen and oxygen atoms in total. The Morgan fingerprint density at radius 1 is 1.25 bits per heavy atom. The van der Waals surface area contributed by atoms with Crippen LogP contribution in [-0.4, -0.2) is 20.0 Å². The highest BCUT2D eigenvalue weighted by Gasteiger charge is 2.21. The van der Waals surface area contributed by atoms with Gasteiger partial charge in [0.1, 0.15) is 11.5 Å². The van der Waals surface area contributed by atoms with Gasteiger partial charge in [0, 0.05) is 15.4 Å². The van der Waals surface area contributed by atoms with Crippen LogP contribution in [0.1, 0.15) is 20.1 Å². The molecule has 2 aromatic rings. The summed E-state index contributed by atoms with van der Waals surface area (Å²) in [5, 5.41) is 0. The van der Waals surface area contributed by atoms with Crippen LogP contribution in [0.3, 0.4) is 0 Å². The third kappa shape index (κ3) is 2.66. The predicted octanol–water partition coefficient (Wildman–Crippen LogP) is 3.65. The molecule has 0 aliphatic rings. The minimum atomic E-state index is -0.148. The minimum Gasteiger partial charge on any atom is -0.497 e. The second-order valence-electron chi connectivity index (χ2n) is 4.15. The van der Waals surface area contributed by atoms with E-state index in [0.29, 0.717) is 27.6 Å². The van der Waals surface area contributed by atoms with Crippen molar-refractivity contribution in [2.45, 2.75) is 6.92 Å². The third-order valence-corrected chi connectivity index (χ3v) is 4.77. The van der Waals surface area contributed by atoms with Crippen LogP contribution in [0, 0.1) is 6.92 Å². The highest BCUT2D eigenvalue weighted by Crippen LogP contribution is 2.35. The lowest BCUT2D eigenvalue weighted by Gasteiger charge is -2.11. The molecule has 0 radical (unpaired) electrons. The number of anilines is 1. The van der Waals surface area contributed by atoms with E-state index in [4.69, 9.17) is 15.2 Å². The highest BCUT2D eigenvalue weighted by atomic mass is 79.9. The molecule has 0 saturated heterocycles. The molecule has 106 valence electrons. The number of nitrogens with two attached hydrogens (primary N) is 1. The third-order valence-electron chi connectivity index (χ3n) is 2.83. The molecule has 0 bridgehead atoms. The number of benzene rings is 1. The topological polar surface area (TPSA) is 61.6 Å². The molecule has 0 saturated carbocycles. The molecule has 2 rings (SSSR count). The van der Waals surface area contributed by atoms with Crippen molar-refractivity contribution in [1.82, 2.24) is 0 Å². The zero-order valence-corrected chi connectivity index (χ0v) is 13.7. The molecule has 0 amide bonds. The van der Waals surface area contributed by atoms with E-state index in [1.807, 2.05) is 13.0 Å². The van der Waals surface area contributed by atoms with E-state index < -0.39 is 0 Å². The summed E-state index contributed by atoms with van der Waals surface area (Å²) >= 11 is 4.82. The van der Waals surface area contributed by atoms with Gasteiger partial charge in [0.25, 0.3) is 0 Å². The highest BCUT2D eigenvalue weighted by molar-refractivity contribution is 9.10. The van der Waals surface area contributed by atoms with Crippen LogP contribution in [-0.2, 0) is 0 Å². The summed E-state index contributed by atoms with van der Waals surface area (Å²) in [7, 11) is 3.04. The average molecular weight is 356 g/mol. The summed E-state index contributed by atoms with van der Waals surface area (Å²) in [5.41, 5.74) is 6.69. The monoisotopic (exact) mass is 355 g/mol. The van der Waals surface area contributed by atoms with Gasteiger partial charge in [-0.25, -0.2) is 0 Å². The first kappa shape index (κ1) is 14.9. The number of ketones is 1. The molecule has 0 fully saturated rings. The molecular weight excluding hydrogens is 342 g/mol. The molecule has 0 aliphatic carbocycles. The van der Waals surface area contributed by atoms with Gasteiger partial charge in [-0.1, -0.05) is 0 Å². The van der Waals surface area contributed by atoms with Gasteiger partial charge in [-0.2, -0.15) is 0 Å². The van der Waals surface area contributed by atoms with Crippen LogP contribution in [0.15, 0.2) is 22.7 Å². The average Bonchev–Trinajstić information content (AvgIpc) is 2.77. The fraction of sp³-hybridized carbons (Fsp3) is 0.214. The summed E-state index contributed by atoms with van der Waals surface area (Å²) < 4.78 is 11.1. The van der Waals surface area contributed by atoms with Crippen LogP contribution in [0.5, 0.6) is 11.5 Å². The summed E-state index contributed by atoms with van der Waals surface area (Å²) in [6.45, 7) is 1.95. The Hall–Kier alpha value is -1.53. The zero-order valence-electron chi connectivity index (χ0n) is 11.3. The van der Waals surface area contributed by atoms with Crippen LogP contribution in [0.4, 0.5) is 5.69 Å². The lowest BCUT2D eigenvalue weighted by atomic mass is 10.1. The summed E-state index contributed by atoms with van der Waals surface area (Å²) in [6, 6.07) is 5.19. The second-order valence-corrected chi connectivity index (χ2v) is 6.26. The molecule has 0 spiro atoms. The molecule has 0 aliphatic heterocycles. The Morgan fingerprint density at radius 2 is 1.95 bits per heavy atom. The quantitative estimate of drug-likeness (QED) is 0.671. The van der Waals surface area contributed by atoms with Gasteiger partial charge in [0.05, 0.1) is 30.3 Å². The van der Waals surface area contributed by atoms with Crippen molar-refractivity contribution in [3.8, 4) is 11.5 Å². The van der Waals surface area contributed by atoms with Crippen LogP contribution < -0.4 is 15.2 Å². The molecule has 0 atom stereocenters. The Balaban J connectivity index is 2.56. The number of halogens is 1. The Labute approximate surface area is 129 Å². The Kier molecular flexibility index (Phi) is 4.35. The first-order valence-electron chi connectivity index (χ1n) is 5.80. The van der Waals surface area contributed by atoms with Crippen LogP contribution in [0.2, 0.25) is 0 Å². The maximum atomic E-state index is 12.6. The van der Waals surface area contributed by atoms with Gasteiger partial charge in [-0.15, -0.1) is 11.3 Å². The number of carbonyl (C=O) groups excluding carboxylic acids is 1. The minimum absolute atomic E-state index is 0.148. The van der Waals surface area contributed by atoms with Crippen molar-refractivity contribution in [2.24, 2.45) is 0 Å². The molecule has 1 aromatic carbocycles. The number of hydrogen-bond acceptors (Lipinski definition) is 5. The number of carbonyl (C=O) groups is 1. The summed E-state index contributed by atoms with van der Waals surface area (Å²) in [4.78, 5) is 14.3. The van der Waals surface area contributed by atoms with Crippen molar-refractivity contribution < 1.29 is 14.3 Å². The molecular formula is C14H14BrNO3S. The predicted molar refractivity (Wildman–Crippen MR) is 84.1 cm³/mol. The van der Waals surface area contributed by atoms with E-state index in [2.05, 4.69) is 15.9 Å². The van der Waals surface area contributed by atoms with E-state index in [1.54, 1.807) is 12.1 Å². The number of nitrogen functional groups attached to an aromatic ring is 1. The van der Waals surface area contributed by atoms with Crippen molar-refractivity contribution in [3.63, 3.8) is 0 Å². The number of rotatable bonds is 4. The number of thiophene rings is 1. The van der Waals surface area contributed by atoms with E-state index in [1.165, 1.54) is 25.6 Å². The van der Waals surface area contributed by atoms with Crippen LogP contribution >= 0.6 is 27.3 Å². The van der Waals surface area contributed by atoms with E-state index in [0.717, 1.165) is 9.35 Å². The van der Waals surface area contributed by atoms with Gasteiger partial charge in [0.2, 0.25) is 5.78 Å². The number of methoxy groups -OCH3 is 2. The SMILES string of the molecule is COc1cc(OC)c(N)c(C(=O)c2sc(C)cc2Br)c1. The largest absolute Gasteiger partial charge is 0.497 e. The standard InChI is InChI=1S/C14H14BrNO3S/c1-7-4-10(15)14(20-7)13(17)9-5-8(18-2)6-11(19-3)12(9)16/h4-6H,16H2,1-3H3. The van der Waals surface area contributed by atoms with Crippen molar-refractivity contribution in [2.75, 3.05) is 20.0 Å². The molecule has 6 heteroatoms. The fourth-order valence-electron chi connectivity index (χ4n) is 1.84. The van der Waals surface area contributed by atoms with E-state index in [-0.39, 0.29) is 5.78 Å². The Bertz CT molecular complexity index is 667. The van der Waals surface area contributed by atoms with Gasteiger partial charge in [0.15, 0.2) is 0 Å². The molecule has 1 aromatic heterocycles. The van der Waals surface area contributed by atoms with Crippen LogP contribution in [0.25, 0.3) is 0 Å². The first-order chi connectivity index (χ1) is 9.47. The van der Waals surface area contributed by atoms with E-state index in [9.17, 15) is 4.79 Å².